The van der Waals surface area contributed by atoms with Crippen molar-refractivity contribution in [3.8, 4) is 11.5 Å². The molecule has 2 atom stereocenters. The van der Waals surface area contributed by atoms with E-state index in [4.69, 9.17) is 0 Å². The minimum Gasteiger partial charge on any atom is -0.342 e. The molecule has 5 rings (SSSR count). The SMILES string of the molecule is Cc1cncc(CC(=O)N2CCCC(C3CCN(C(=O)c4ccc(-c5ncn[nH]5)nc4)C3)C2)c1. The predicted octanol–water partition coefficient (Wildman–Crippen LogP) is 2.51. The highest BCUT2D eigenvalue weighted by Gasteiger charge is 2.35. The zero-order valence-electron chi connectivity index (χ0n) is 19.4. The molecule has 0 bridgehead atoms. The van der Waals surface area contributed by atoms with E-state index in [1.165, 1.54) is 6.33 Å². The number of nitrogens with zero attached hydrogens (tertiary/aromatic N) is 6. The monoisotopic (exact) mass is 459 g/mol. The molecule has 0 spiro atoms. The summed E-state index contributed by atoms with van der Waals surface area (Å²) < 4.78 is 0. The molecule has 2 unspecified atom stereocenters. The van der Waals surface area contributed by atoms with Crippen LogP contribution in [0.4, 0.5) is 0 Å². The first-order chi connectivity index (χ1) is 16.6. The molecule has 2 saturated heterocycles. The van der Waals surface area contributed by atoms with E-state index >= 15 is 0 Å². The Labute approximate surface area is 198 Å². The van der Waals surface area contributed by atoms with Gasteiger partial charge in [0.05, 0.1) is 12.0 Å². The topological polar surface area (TPSA) is 108 Å². The maximum Gasteiger partial charge on any atom is 0.255 e. The Morgan fingerprint density at radius 3 is 2.65 bits per heavy atom. The van der Waals surface area contributed by atoms with Crippen molar-refractivity contribution in [2.45, 2.75) is 32.6 Å². The second kappa shape index (κ2) is 9.70. The first-order valence-corrected chi connectivity index (χ1v) is 11.9. The number of hydrogen-bond donors (Lipinski definition) is 1. The van der Waals surface area contributed by atoms with Crippen molar-refractivity contribution in [1.82, 2.24) is 34.9 Å². The van der Waals surface area contributed by atoms with Crippen LogP contribution in [0.3, 0.4) is 0 Å². The van der Waals surface area contributed by atoms with Crippen LogP contribution in [-0.2, 0) is 11.2 Å². The van der Waals surface area contributed by atoms with Crippen molar-refractivity contribution < 1.29 is 9.59 Å². The van der Waals surface area contributed by atoms with Crippen molar-refractivity contribution in [2.75, 3.05) is 26.2 Å². The average molecular weight is 460 g/mol. The van der Waals surface area contributed by atoms with E-state index in [9.17, 15) is 9.59 Å². The van der Waals surface area contributed by atoms with Gasteiger partial charge in [-0.1, -0.05) is 6.07 Å². The molecule has 34 heavy (non-hydrogen) atoms. The summed E-state index contributed by atoms with van der Waals surface area (Å²) >= 11 is 0. The number of H-pyrrole nitrogens is 1. The second-order valence-electron chi connectivity index (χ2n) is 9.36. The van der Waals surface area contributed by atoms with Crippen molar-refractivity contribution in [2.24, 2.45) is 11.8 Å². The molecule has 9 heteroatoms. The van der Waals surface area contributed by atoms with E-state index in [2.05, 4.69) is 25.1 Å². The van der Waals surface area contributed by atoms with Gasteiger partial charge in [0.15, 0.2) is 5.82 Å². The molecule has 2 aliphatic rings. The van der Waals surface area contributed by atoms with Gasteiger partial charge in [-0.2, -0.15) is 5.10 Å². The molecule has 176 valence electrons. The molecule has 3 aromatic rings. The van der Waals surface area contributed by atoms with E-state index in [0.29, 0.717) is 35.3 Å². The Hall–Kier alpha value is -3.62. The molecule has 5 heterocycles. The molecule has 0 aliphatic carbocycles. The number of carbonyl (C=O) groups excluding carboxylic acids is 2. The van der Waals surface area contributed by atoms with Gasteiger partial charge in [0.25, 0.3) is 5.91 Å². The molecule has 9 nitrogen and oxygen atoms in total. The summed E-state index contributed by atoms with van der Waals surface area (Å²) in [5.74, 6) is 1.60. The number of likely N-dealkylation sites (tertiary alicyclic amines) is 2. The average Bonchev–Trinajstić information content (AvgIpc) is 3.57. The fourth-order valence-electron chi connectivity index (χ4n) is 5.15. The third-order valence-corrected chi connectivity index (χ3v) is 6.94. The van der Waals surface area contributed by atoms with Crippen LogP contribution in [0, 0.1) is 18.8 Å². The number of aromatic nitrogens is 5. The number of hydrogen-bond acceptors (Lipinski definition) is 6. The highest BCUT2D eigenvalue weighted by Crippen LogP contribution is 2.32. The molecule has 0 saturated carbocycles. The summed E-state index contributed by atoms with van der Waals surface area (Å²) in [6.45, 7) is 5.06. The highest BCUT2D eigenvalue weighted by atomic mass is 16.2. The molecular weight excluding hydrogens is 430 g/mol. The summed E-state index contributed by atoms with van der Waals surface area (Å²) in [5, 5.41) is 6.61. The number of carbonyl (C=O) groups is 2. The van der Waals surface area contributed by atoms with Crippen LogP contribution in [0.2, 0.25) is 0 Å². The minimum atomic E-state index is 0.00908. The van der Waals surface area contributed by atoms with Gasteiger partial charge < -0.3 is 9.80 Å². The van der Waals surface area contributed by atoms with E-state index < -0.39 is 0 Å². The van der Waals surface area contributed by atoms with Gasteiger partial charge in [-0.25, -0.2) is 4.98 Å². The number of rotatable bonds is 5. The Morgan fingerprint density at radius 1 is 1.03 bits per heavy atom. The predicted molar refractivity (Wildman–Crippen MR) is 126 cm³/mol. The van der Waals surface area contributed by atoms with Gasteiger partial charge in [-0.3, -0.25) is 24.7 Å². The van der Waals surface area contributed by atoms with Crippen molar-refractivity contribution in [3.63, 3.8) is 0 Å². The Bertz CT molecular complexity index is 1150. The maximum absolute atomic E-state index is 13.1. The lowest BCUT2D eigenvalue weighted by Crippen LogP contribution is -2.43. The molecule has 3 aromatic heterocycles. The minimum absolute atomic E-state index is 0.00908. The van der Waals surface area contributed by atoms with Crippen molar-refractivity contribution in [1.29, 1.82) is 0 Å². The zero-order chi connectivity index (χ0) is 23.5. The Morgan fingerprint density at radius 2 is 1.88 bits per heavy atom. The smallest absolute Gasteiger partial charge is 0.255 e. The first kappa shape index (κ1) is 22.2. The van der Waals surface area contributed by atoms with Gasteiger partial charge in [-0.15, -0.1) is 0 Å². The molecule has 0 radical (unpaired) electrons. The molecular formula is C25H29N7O2. The van der Waals surface area contributed by atoms with Gasteiger partial charge in [0.1, 0.15) is 12.0 Å². The molecule has 0 aromatic carbocycles. The summed E-state index contributed by atoms with van der Waals surface area (Å²) in [6, 6.07) is 5.61. The number of amides is 2. The summed E-state index contributed by atoms with van der Waals surface area (Å²) in [6.07, 6.45) is 10.1. The maximum atomic E-state index is 13.1. The van der Waals surface area contributed by atoms with Crippen LogP contribution in [0.1, 0.15) is 40.7 Å². The van der Waals surface area contributed by atoms with Crippen molar-refractivity contribution in [3.05, 3.63) is 59.8 Å². The molecule has 2 amide bonds. The van der Waals surface area contributed by atoms with Crippen LogP contribution < -0.4 is 0 Å². The van der Waals surface area contributed by atoms with Gasteiger partial charge in [0, 0.05) is 44.8 Å². The molecule has 1 N–H and O–H groups in total. The number of pyridine rings is 2. The Kier molecular flexibility index (Phi) is 6.33. The summed E-state index contributed by atoms with van der Waals surface area (Å²) in [4.78, 5) is 42.6. The van der Waals surface area contributed by atoms with Gasteiger partial charge in [0.2, 0.25) is 5.91 Å². The van der Waals surface area contributed by atoms with E-state index in [1.807, 2.05) is 22.8 Å². The number of aromatic amines is 1. The van der Waals surface area contributed by atoms with Crippen LogP contribution in [0.15, 0.2) is 43.1 Å². The van der Waals surface area contributed by atoms with E-state index in [-0.39, 0.29) is 11.8 Å². The fraction of sp³-hybridized carbons (Fsp3) is 0.440. The van der Waals surface area contributed by atoms with Crippen LogP contribution in [0.25, 0.3) is 11.5 Å². The third-order valence-electron chi connectivity index (χ3n) is 6.94. The molecule has 2 aliphatic heterocycles. The first-order valence-electron chi connectivity index (χ1n) is 11.9. The van der Waals surface area contributed by atoms with Gasteiger partial charge in [-0.05, 0) is 61.3 Å². The largest absolute Gasteiger partial charge is 0.342 e. The van der Waals surface area contributed by atoms with Crippen LogP contribution in [0.5, 0.6) is 0 Å². The third kappa shape index (κ3) is 4.83. The van der Waals surface area contributed by atoms with Crippen molar-refractivity contribution >= 4 is 11.8 Å². The zero-order valence-corrected chi connectivity index (χ0v) is 19.4. The normalized spacial score (nSPS) is 20.5. The number of aryl methyl sites for hydroxylation is 1. The Balaban J connectivity index is 1.17. The summed E-state index contributed by atoms with van der Waals surface area (Å²) in [5.41, 5.74) is 3.27. The fourth-order valence-corrected chi connectivity index (χ4v) is 5.15. The lowest BCUT2D eigenvalue weighted by molar-refractivity contribution is -0.132. The van der Waals surface area contributed by atoms with E-state index in [0.717, 1.165) is 56.6 Å². The van der Waals surface area contributed by atoms with Crippen LogP contribution >= 0.6 is 0 Å². The number of piperidine rings is 1. The van der Waals surface area contributed by atoms with Crippen LogP contribution in [-0.4, -0.2) is 72.9 Å². The van der Waals surface area contributed by atoms with Gasteiger partial charge >= 0.3 is 0 Å². The number of nitrogens with one attached hydrogen (secondary N) is 1. The lowest BCUT2D eigenvalue weighted by Gasteiger charge is -2.36. The second-order valence-corrected chi connectivity index (χ2v) is 9.36. The van der Waals surface area contributed by atoms with E-state index in [1.54, 1.807) is 30.7 Å². The standard InChI is InChI=1S/C25H29N7O2/c1-17-9-18(12-26-11-17)10-23(33)31-7-2-3-20(14-31)21-6-8-32(15-21)25(34)19-4-5-22(27-13-19)24-28-16-29-30-24/h4-5,9,11-13,16,20-21H,2-3,6-8,10,14-15H2,1H3,(H,28,29,30). The quantitative estimate of drug-likeness (QED) is 0.628. The highest BCUT2D eigenvalue weighted by molar-refractivity contribution is 5.94. The lowest BCUT2D eigenvalue weighted by atomic mass is 9.84. The summed E-state index contributed by atoms with van der Waals surface area (Å²) in [7, 11) is 0. The molecule has 2 fully saturated rings.